The van der Waals surface area contributed by atoms with Crippen molar-refractivity contribution in [2.45, 2.75) is 6.61 Å². The summed E-state index contributed by atoms with van der Waals surface area (Å²) in [6.07, 6.45) is 5.21. The molecule has 0 atom stereocenters. The van der Waals surface area contributed by atoms with Gasteiger partial charge in [0, 0.05) is 32.2 Å². The number of methoxy groups -OCH3 is 1. The molecule has 1 aliphatic heterocycles. The molecule has 0 saturated heterocycles. The number of nitrogens with zero attached hydrogens (tertiary/aromatic N) is 5. The number of aliphatic hydroxyl groups excluding tert-OH is 1. The SMILES string of the molecule is COc1c(-c2ncn(C)n2)ccc(Nc2cc(CO)ccn2)c1NC1=CNN(C)C1. The molecule has 0 amide bonds. The number of nitrogens with one attached hydrogen (secondary N) is 3. The van der Waals surface area contributed by atoms with Crippen LogP contribution in [-0.2, 0) is 13.7 Å². The smallest absolute Gasteiger partial charge is 0.184 e. The van der Waals surface area contributed by atoms with Crippen LogP contribution in [-0.4, -0.2) is 50.6 Å². The topological polar surface area (TPSA) is 112 Å². The van der Waals surface area contributed by atoms with Crippen LogP contribution in [0.25, 0.3) is 11.4 Å². The number of aryl methyl sites for hydroxylation is 1. The fourth-order valence-electron chi connectivity index (χ4n) is 3.21. The molecule has 10 heteroatoms. The molecular weight excluding hydrogens is 384 g/mol. The average Bonchev–Trinajstić information content (AvgIpc) is 3.37. The average molecular weight is 408 g/mol. The highest BCUT2D eigenvalue weighted by atomic mass is 16.5. The monoisotopic (exact) mass is 408 g/mol. The first-order chi connectivity index (χ1) is 14.6. The van der Waals surface area contributed by atoms with Gasteiger partial charge in [-0.2, -0.15) is 5.10 Å². The minimum absolute atomic E-state index is 0.0548. The second-order valence-corrected chi connectivity index (χ2v) is 6.92. The van der Waals surface area contributed by atoms with Crippen LogP contribution in [0.4, 0.5) is 17.2 Å². The Morgan fingerprint density at radius 2 is 2.07 bits per heavy atom. The van der Waals surface area contributed by atoms with Crippen LogP contribution >= 0.6 is 0 Å². The van der Waals surface area contributed by atoms with Gasteiger partial charge in [0.1, 0.15) is 17.8 Å². The van der Waals surface area contributed by atoms with E-state index in [1.807, 2.05) is 37.4 Å². The maximum absolute atomic E-state index is 9.42. The summed E-state index contributed by atoms with van der Waals surface area (Å²) in [6.45, 7) is 0.647. The fourth-order valence-corrected chi connectivity index (χ4v) is 3.21. The second-order valence-electron chi connectivity index (χ2n) is 6.92. The molecule has 10 nitrogen and oxygen atoms in total. The van der Waals surface area contributed by atoms with Gasteiger partial charge >= 0.3 is 0 Å². The summed E-state index contributed by atoms with van der Waals surface area (Å²) in [7, 11) is 5.40. The van der Waals surface area contributed by atoms with E-state index >= 15 is 0 Å². The number of hydrazine groups is 1. The molecule has 3 aromatic rings. The van der Waals surface area contributed by atoms with Crippen molar-refractivity contribution in [2.24, 2.45) is 7.05 Å². The van der Waals surface area contributed by atoms with E-state index in [0.29, 0.717) is 23.9 Å². The van der Waals surface area contributed by atoms with E-state index in [-0.39, 0.29) is 6.61 Å². The van der Waals surface area contributed by atoms with Gasteiger partial charge in [0.25, 0.3) is 0 Å². The molecule has 30 heavy (non-hydrogen) atoms. The summed E-state index contributed by atoms with van der Waals surface area (Å²) in [6, 6.07) is 7.40. The molecule has 4 rings (SSSR count). The van der Waals surface area contributed by atoms with E-state index in [9.17, 15) is 5.11 Å². The second kappa shape index (κ2) is 8.39. The number of hydrogen-bond acceptors (Lipinski definition) is 9. The van der Waals surface area contributed by atoms with E-state index in [1.165, 1.54) is 0 Å². The van der Waals surface area contributed by atoms with Crippen molar-refractivity contribution < 1.29 is 9.84 Å². The van der Waals surface area contributed by atoms with Crippen molar-refractivity contribution in [1.82, 2.24) is 30.2 Å². The Bertz CT molecular complexity index is 1080. The lowest BCUT2D eigenvalue weighted by molar-refractivity contribution is 0.282. The van der Waals surface area contributed by atoms with Crippen LogP contribution in [0.2, 0.25) is 0 Å². The predicted octanol–water partition coefficient (Wildman–Crippen LogP) is 1.82. The van der Waals surface area contributed by atoms with Gasteiger partial charge in [-0.3, -0.25) is 4.68 Å². The molecule has 0 spiro atoms. The number of pyridine rings is 1. The van der Waals surface area contributed by atoms with Crippen LogP contribution in [0, 0.1) is 0 Å². The van der Waals surface area contributed by atoms with Gasteiger partial charge in [0.2, 0.25) is 0 Å². The molecule has 2 aromatic heterocycles. The Balaban J connectivity index is 1.77. The highest BCUT2D eigenvalue weighted by Crippen LogP contribution is 2.42. The number of aromatic nitrogens is 4. The van der Waals surface area contributed by atoms with Gasteiger partial charge in [-0.05, 0) is 29.8 Å². The molecular formula is C20H24N8O2. The third-order valence-corrected chi connectivity index (χ3v) is 4.62. The molecule has 156 valence electrons. The number of hydrogen-bond donors (Lipinski definition) is 4. The van der Waals surface area contributed by atoms with Crippen molar-refractivity contribution in [3.8, 4) is 17.1 Å². The molecule has 0 unspecified atom stereocenters. The minimum atomic E-state index is -0.0548. The Kier molecular flexibility index (Phi) is 5.50. The molecule has 0 radical (unpaired) electrons. The Labute approximate surface area is 174 Å². The first-order valence-corrected chi connectivity index (χ1v) is 9.40. The molecule has 0 bridgehead atoms. The van der Waals surface area contributed by atoms with Crippen LogP contribution in [0.1, 0.15) is 5.56 Å². The summed E-state index contributed by atoms with van der Waals surface area (Å²) >= 11 is 0. The molecule has 3 heterocycles. The normalized spacial score (nSPS) is 13.7. The largest absolute Gasteiger partial charge is 0.494 e. The van der Waals surface area contributed by atoms with Crippen molar-refractivity contribution in [1.29, 1.82) is 0 Å². The predicted molar refractivity (Wildman–Crippen MR) is 114 cm³/mol. The molecule has 0 saturated carbocycles. The van der Waals surface area contributed by atoms with Crippen LogP contribution < -0.4 is 20.8 Å². The number of likely N-dealkylation sites (N-methyl/N-ethyl adjacent to an activating group) is 1. The zero-order valence-corrected chi connectivity index (χ0v) is 17.0. The van der Waals surface area contributed by atoms with Crippen molar-refractivity contribution in [3.05, 3.63) is 54.3 Å². The molecule has 0 fully saturated rings. The lowest BCUT2D eigenvalue weighted by Gasteiger charge is -2.19. The van der Waals surface area contributed by atoms with E-state index in [0.717, 1.165) is 28.2 Å². The molecule has 1 aromatic carbocycles. The van der Waals surface area contributed by atoms with Crippen LogP contribution in [0.5, 0.6) is 5.75 Å². The number of benzene rings is 1. The van der Waals surface area contributed by atoms with Crippen LogP contribution in [0.15, 0.2) is 48.7 Å². The minimum Gasteiger partial charge on any atom is -0.494 e. The van der Waals surface area contributed by atoms with E-state index in [1.54, 1.807) is 36.4 Å². The number of ether oxygens (including phenoxy) is 1. The zero-order chi connectivity index (χ0) is 21.1. The standard InChI is InChI=1S/C20H24N8O2/c1-27-10-14(9-23-27)24-18-16(25-17-8-13(11-29)6-7-21-17)5-4-15(19(18)30-3)20-22-12-28(2)26-20/h4-9,12,23-24,29H,10-11H2,1-3H3,(H,21,25). The summed E-state index contributed by atoms with van der Waals surface area (Å²) in [5.41, 5.74) is 7.16. The van der Waals surface area contributed by atoms with Crippen molar-refractivity contribution in [3.63, 3.8) is 0 Å². The first kappa shape index (κ1) is 19.7. The Morgan fingerprint density at radius 3 is 2.73 bits per heavy atom. The summed E-state index contributed by atoms with van der Waals surface area (Å²) in [4.78, 5) is 8.72. The van der Waals surface area contributed by atoms with Crippen LogP contribution in [0.3, 0.4) is 0 Å². The van der Waals surface area contributed by atoms with Gasteiger partial charge in [0.15, 0.2) is 11.6 Å². The number of aliphatic hydroxyl groups is 1. The van der Waals surface area contributed by atoms with E-state index in [2.05, 4.69) is 31.1 Å². The van der Waals surface area contributed by atoms with Gasteiger partial charge < -0.3 is 25.9 Å². The Hall–Kier alpha value is -3.63. The van der Waals surface area contributed by atoms with E-state index < -0.39 is 0 Å². The quantitative estimate of drug-likeness (QED) is 0.465. The van der Waals surface area contributed by atoms with Gasteiger partial charge in [-0.25, -0.2) is 15.0 Å². The lowest BCUT2D eigenvalue weighted by Crippen LogP contribution is -2.25. The van der Waals surface area contributed by atoms with Gasteiger partial charge in [0.05, 0.1) is 31.5 Å². The summed E-state index contributed by atoms with van der Waals surface area (Å²) < 4.78 is 7.44. The third kappa shape index (κ3) is 4.04. The molecule has 0 aliphatic carbocycles. The maximum Gasteiger partial charge on any atom is 0.184 e. The molecule has 4 N–H and O–H groups in total. The third-order valence-electron chi connectivity index (χ3n) is 4.62. The maximum atomic E-state index is 9.42. The molecule has 1 aliphatic rings. The van der Waals surface area contributed by atoms with Gasteiger partial charge in [-0.15, -0.1) is 0 Å². The lowest BCUT2D eigenvalue weighted by atomic mass is 10.1. The summed E-state index contributed by atoms with van der Waals surface area (Å²) in [5, 5.41) is 22.6. The highest BCUT2D eigenvalue weighted by Gasteiger charge is 2.21. The first-order valence-electron chi connectivity index (χ1n) is 9.40. The van der Waals surface area contributed by atoms with Gasteiger partial charge in [-0.1, -0.05) is 0 Å². The fraction of sp³-hybridized carbons (Fsp3) is 0.250. The Morgan fingerprint density at radius 1 is 1.20 bits per heavy atom. The van der Waals surface area contributed by atoms with Crippen molar-refractivity contribution >= 4 is 17.2 Å². The highest BCUT2D eigenvalue weighted by molar-refractivity contribution is 5.87. The number of anilines is 3. The summed E-state index contributed by atoms with van der Waals surface area (Å²) in [5.74, 6) is 1.80. The number of rotatable bonds is 7. The van der Waals surface area contributed by atoms with Crippen molar-refractivity contribution in [2.75, 3.05) is 31.3 Å². The van der Waals surface area contributed by atoms with E-state index in [4.69, 9.17) is 4.74 Å². The zero-order valence-electron chi connectivity index (χ0n) is 17.0.